The van der Waals surface area contributed by atoms with Crippen LogP contribution >= 0.6 is 0 Å². The zero-order valence-electron chi connectivity index (χ0n) is 36.5. The molecule has 7 heteroatoms. The van der Waals surface area contributed by atoms with Gasteiger partial charge in [0.1, 0.15) is 5.82 Å². The van der Waals surface area contributed by atoms with Gasteiger partial charge in [-0.25, -0.2) is 4.98 Å². The molecule has 66 heavy (non-hydrogen) atoms. The summed E-state index contributed by atoms with van der Waals surface area (Å²) in [6.07, 6.45) is 1.86. The Morgan fingerprint density at radius 3 is 1.95 bits per heavy atom. The second kappa shape index (κ2) is 17.3. The number of para-hydroxylation sites is 2. The second-order valence-electron chi connectivity index (χ2n) is 17.2. The van der Waals surface area contributed by atoms with E-state index in [0.717, 1.165) is 83.8 Å². The Morgan fingerprint density at radius 2 is 1.26 bits per heavy atom. The minimum atomic E-state index is -0.0754. The van der Waals surface area contributed by atoms with Crippen LogP contribution < -0.4 is 14.5 Å². The molecule has 2 aromatic heterocycles. The van der Waals surface area contributed by atoms with E-state index in [-0.39, 0.29) is 26.5 Å². The topological polar surface area (TPSA) is 57.3 Å². The predicted octanol–water partition coefficient (Wildman–Crippen LogP) is 15.1. The number of ether oxygens (including phenoxy) is 1. The summed E-state index contributed by atoms with van der Waals surface area (Å²) in [6.45, 7) is 8.74. The van der Waals surface area contributed by atoms with Crippen LogP contribution in [0, 0.1) is 30.1 Å². The summed E-state index contributed by atoms with van der Waals surface area (Å²) in [4.78, 5) is 9.31. The number of pyridine rings is 1. The van der Waals surface area contributed by atoms with E-state index in [1.165, 1.54) is 5.56 Å². The molecule has 3 heterocycles. The monoisotopic (exact) mass is 1030 g/mol. The number of nitriles is 1. The molecule has 6 nitrogen and oxygen atoms in total. The van der Waals surface area contributed by atoms with Crippen molar-refractivity contribution in [2.45, 2.75) is 26.2 Å². The first-order valence-electron chi connectivity index (χ1n) is 21.8. The van der Waals surface area contributed by atoms with Crippen molar-refractivity contribution in [3.8, 4) is 56.8 Å². The molecule has 0 bridgehead atoms. The first kappa shape index (κ1) is 42.3. The summed E-state index contributed by atoms with van der Waals surface area (Å²) in [6, 6.07) is 74.4. The van der Waals surface area contributed by atoms with Crippen molar-refractivity contribution in [1.82, 2.24) is 9.55 Å². The van der Waals surface area contributed by atoms with E-state index in [1.54, 1.807) is 0 Å². The number of nitrogens with zero attached hydrogens (tertiary/aromatic N) is 5. The average molecular weight is 1030 g/mol. The smallest absolute Gasteiger partial charge is 0.135 e. The average Bonchev–Trinajstić information content (AvgIpc) is 3.90. The SMILES string of the molecule is CC(C)(C)c1ccnc(-n2c3[c-]c(Oc4[c-]c(N5[CH-]N(c6ccccc6)c6c(-c7c(-c8ccccc8)cccc7-c7ccccc7)cccc65)ccc4)ccc3c3cc(C#N)ccc32)c1.[Pt]. The van der Waals surface area contributed by atoms with Gasteiger partial charge in [0.05, 0.1) is 11.6 Å². The van der Waals surface area contributed by atoms with Gasteiger partial charge in [0.15, 0.2) is 0 Å². The quantitative estimate of drug-likeness (QED) is 0.142. The third-order valence-electron chi connectivity index (χ3n) is 12.1. The van der Waals surface area contributed by atoms with Gasteiger partial charge < -0.3 is 19.1 Å². The summed E-state index contributed by atoms with van der Waals surface area (Å²) in [5.41, 5.74) is 14.3. The maximum absolute atomic E-state index is 9.82. The molecule has 0 spiro atoms. The number of fused-ring (bicyclic) bond motifs is 4. The molecular formula is C59H42N5OPt-3. The zero-order valence-corrected chi connectivity index (χ0v) is 38.8. The van der Waals surface area contributed by atoms with Crippen LogP contribution in [0.2, 0.25) is 0 Å². The van der Waals surface area contributed by atoms with Gasteiger partial charge in [-0.15, -0.1) is 48.1 Å². The van der Waals surface area contributed by atoms with Crippen molar-refractivity contribution in [2.24, 2.45) is 0 Å². The molecule has 322 valence electrons. The molecule has 1 aliphatic heterocycles. The first-order valence-corrected chi connectivity index (χ1v) is 21.8. The van der Waals surface area contributed by atoms with Crippen molar-refractivity contribution < 1.29 is 25.8 Å². The van der Waals surface area contributed by atoms with Gasteiger partial charge in [-0.05, 0) is 92.7 Å². The molecule has 11 rings (SSSR count). The van der Waals surface area contributed by atoms with Crippen molar-refractivity contribution >= 4 is 44.6 Å². The van der Waals surface area contributed by atoms with Gasteiger partial charge in [-0.1, -0.05) is 135 Å². The fraction of sp³-hybridized carbons (Fsp3) is 0.0678. The minimum Gasteiger partial charge on any atom is -0.509 e. The van der Waals surface area contributed by atoms with Crippen LogP contribution in [0.1, 0.15) is 31.9 Å². The Morgan fingerprint density at radius 1 is 0.606 bits per heavy atom. The first-order chi connectivity index (χ1) is 31.8. The summed E-state index contributed by atoms with van der Waals surface area (Å²) in [5.74, 6) is 1.86. The van der Waals surface area contributed by atoms with E-state index in [0.29, 0.717) is 17.1 Å². The normalized spacial score (nSPS) is 12.2. The van der Waals surface area contributed by atoms with E-state index >= 15 is 0 Å². The molecule has 10 aromatic rings. The Hall–Kier alpha value is -7.71. The molecule has 0 N–H and O–H groups in total. The van der Waals surface area contributed by atoms with Crippen molar-refractivity contribution in [3.63, 3.8) is 0 Å². The second-order valence-corrected chi connectivity index (χ2v) is 17.2. The number of hydrogen-bond donors (Lipinski definition) is 0. The van der Waals surface area contributed by atoms with Crippen LogP contribution in [-0.4, -0.2) is 9.55 Å². The number of hydrogen-bond acceptors (Lipinski definition) is 5. The van der Waals surface area contributed by atoms with Crippen LogP contribution in [0.15, 0.2) is 194 Å². The number of anilines is 4. The number of rotatable bonds is 8. The summed E-state index contributed by atoms with van der Waals surface area (Å²) >= 11 is 0. The number of aromatic nitrogens is 2. The van der Waals surface area contributed by atoms with E-state index in [4.69, 9.17) is 9.72 Å². The fourth-order valence-corrected chi connectivity index (χ4v) is 9.00. The molecule has 1 aliphatic rings. The van der Waals surface area contributed by atoms with Gasteiger partial charge in [0.25, 0.3) is 0 Å². The van der Waals surface area contributed by atoms with Crippen LogP contribution in [0.3, 0.4) is 0 Å². The molecule has 0 unspecified atom stereocenters. The number of benzene rings is 8. The molecule has 0 atom stereocenters. The minimum absolute atomic E-state index is 0. The molecule has 0 radical (unpaired) electrons. The Bertz CT molecular complexity index is 3390. The third-order valence-corrected chi connectivity index (χ3v) is 12.1. The largest absolute Gasteiger partial charge is 0.509 e. The van der Waals surface area contributed by atoms with Gasteiger partial charge in [0.2, 0.25) is 0 Å². The zero-order chi connectivity index (χ0) is 44.1. The third kappa shape index (κ3) is 7.62. The standard InChI is InChI=1S/C59H42N5O.Pt/c1-59(2,3)43-32-33-61-56(35-43)64-53-31-28-40(38-60)34-52(53)50-30-29-47(37-55(50)64)65-46-23-13-22-45(36-46)62-39-63(44-20-11-6-12-21-44)58-51(26-15-27-54(58)62)57-48(41-16-7-4-8-17-41)24-14-25-49(57)42-18-9-5-10-19-42;/h4-35,39H,1-3H3;/q-3;. The van der Waals surface area contributed by atoms with E-state index in [2.05, 4.69) is 200 Å². The Balaban J connectivity index is 0.00000511. The van der Waals surface area contributed by atoms with Crippen LogP contribution in [-0.2, 0) is 26.5 Å². The van der Waals surface area contributed by atoms with Gasteiger partial charge in [-0.2, -0.15) is 17.4 Å². The van der Waals surface area contributed by atoms with Crippen LogP contribution in [0.25, 0.3) is 61.0 Å². The van der Waals surface area contributed by atoms with Crippen LogP contribution in [0.5, 0.6) is 11.5 Å². The van der Waals surface area contributed by atoms with E-state index in [1.807, 2.05) is 54.7 Å². The van der Waals surface area contributed by atoms with E-state index in [9.17, 15) is 5.26 Å². The van der Waals surface area contributed by atoms with E-state index < -0.39 is 0 Å². The van der Waals surface area contributed by atoms with Crippen molar-refractivity contribution in [1.29, 1.82) is 5.26 Å². The Kier molecular flexibility index (Phi) is 11.1. The van der Waals surface area contributed by atoms with Gasteiger partial charge >= 0.3 is 0 Å². The molecule has 0 saturated heterocycles. The molecule has 0 amide bonds. The summed E-state index contributed by atoms with van der Waals surface area (Å²) in [7, 11) is 0. The van der Waals surface area contributed by atoms with Crippen LogP contribution in [0.4, 0.5) is 22.7 Å². The maximum atomic E-state index is 9.82. The molecular weight excluding hydrogens is 990 g/mol. The summed E-state index contributed by atoms with van der Waals surface area (Å²) < 4.78 is 8.78. The summed E-state index contributed by atoms with van der Waals surface area (Å²) in [5, 5.41) is 11.7. The van der Waals surface area contributed by atoms with Crippen molar-refractivity contribution in [2.75, 3.05) is 9.80 Å². The maximum Gasteiger partial charge on any atom is 0.135 e. The molecule has 8 aromatic carbocycles. The predicted molar refractivity (Wildman–Crippen MR) is 264 cm³/mol. The van der Waals surface area contributed by atoms with Crippen molar-refractivity contribution in [3.05, 3.63) is 224 Å². The van der Waals surface area contributed by atoms with Gasteiger partial charge in [-0.3, -0.25) is 0 Å². The fourth-order valence-electron chi connectivity index (χ4n) is 9.00. The molecule has 0 saturated carbocycles. The molecule has 0 aliphatic carbocycles. The molecule has 0 fully saturated rings. The Labute approximate surface area is 399 Å². The van der Waals surface area contributed by atoms with Gasteiger partial charge in [0, 0.05) is 66.9 Å².